The summed E-state index contributed by atoms with van der Waals surface area (Å²) in [5, 5.41) is 20.9. The smallest absolute Gasteiger partial charge is 0.311 e. The van der Waals surface area contributed by atoms with Crippen molar-refractivity contribution < 1.29 is 14.6 Å². The number of tetrazole rings is 1. The Labute approximate surface area is 121 Å². The van der Waals surface area contributed by atoms with Crippen molar-refractivity contribution in [1.29, 1.82) is 0 Å². The van der Waals surface area contributed by atoms with Crippen LogP contribution in [0.2, 0.25) is 0 Å². The lowest BCUT2D eigenvalue weighted by Crippen LogP contribution is -2.32. The molecule has 0 amide bonds. The molecule has 112 valence electrons. The maximum atomic E-state index is 11.4. The number of ether oxygens (including phenoxy) is 1. The van der Waals surface area contributed by atoms with E-state index in [0.29, 0.717) is 23.7 Å². The third-order valence-corrected chi connectivity index (χ3v) is 3.53. The highest BCUT2D eigenvalue weighted by molar-refractivity contribution is 5.74. The SMILES string of the molecule is CCC(C)(Cn1nnnc1-c1cccnc1OC)C(=O)O. The van der Waals surface area contributed by atoms with Gasteiger partial charge in [0.15, 0.2) is 5.82 Å². The second kappa shape index (κ2) is 5.86. The zero-order chi connectivity index (χ0) is 15.5. The molecule has 1 unspecified atom stereocenters. The summed E-state index contributed by atoms with van der Waals surface area (Å²) < 4.78 is 6.66. The molecular weight excluding hydrogens is 274 g/mol. The van der Waals surface area contributed by atoms with Crippen LogP contribution in [-0.2, 0) is 11.3 Å². The van der Waals surface area contributed by atoms with E-state index in [4.69, 9.17) is 4.74 Å². The number of rotatable bonds is 6. The van der Waals surface area contributed by atoms with Gasteiger partial charge in [-0.3, -0.25) is 4.79 Å². The van der Waals surface area contributed by atoms with Crippen molar-refractivity contribution in [2.75, 3.05) is 7.11 Å². The third-order valence-electron chi connectivity index (χ3n) is 3.53. The summed E-state index contributed by atoms with van der Waals surface area (Å²) in [6.07, 6.45) is 2.07. The molecule has 0 aliphatic carbocycles. The Hall–Kier alpha value is -2.51. The molecule has 8 nitrogen and oxygen atoms in total. The second-order valence-corrected chi connectivity index (χ2v) is 4.94. The maximum absolute atomic E-state index is 11.4. The van der Waals surface area contributed by atoms with Gasteiger partial charge >= 0.3 is 5.97 Å². The van der Waals surface area contributed by atoms with E-state index < -0.39 is 11.4 Å². The highest BCUT2D eigenvalue weighted by atomic mass is 16.5. The van der Waals surface area contributed by atoms with Crippen LogP contribution in [0.5, 0.6) is 5.88 Å². The van der Waals surface area contributed by atoms with Crippen LogP contribution in [0.3, 0.4) is 0 Å². The summed E-state index contributed by atoms with van der Waals surface area (Å²) in [7, 11) is 1.51. The van der Waals surface area contributed by atoms with E-state index in [1.165, 1.54) is 11.8 Å². The van der Waals surface area contributed by atoms with Gasteiger partial charge in [0.05, 0.1) is 24.6 Å². The predicted molar refractivity (Wildman–Crippen MR) is 73.6 cm³/mol. The van der Waals surface area contributed by atoms with Gasteiger partial charge < -0.3 is 9.84 Å². The number of nitrogens with zero attached hydrogens (tertiary/aromatic N) is 5. The molecule has 0 saturated heterocycles. The van der Waals surface area contributed by atoms with Gasteiger partial charge in [-0.05, 0) is 35.9 Å². The number of pyridine rings is 1. The summed E-state index contributed by atoms with van der Waals surface area (Å²) in [5.41, 5.74) is -0.326. The highest BCUT2D eigenvalue weighted by Crippen LogP contribution is 2.29. The number of carbonyl (C=O) groups is 1. The first-order chi connectivity index (χ1) is 10.0. The number of hydrogen-bond donors (Lipinski definition) is 1. The monoisotopic (exact) mass is 291 g/mol. The summed E-state index contributed by atoms with van der Waals surface area (Å²) >= 11 is 0. The van der Waals surface area contributed by atoms with Gasteiger partial charge in [0, 0.05) is 6.20 Å². The lowest BCUT2D eigenvalue weighted by molar-refractivity contribution is -0.149. The Bertz CT molecular complexity index is 642. The molecule has 8 heteroatoms. The average Bonchev–Trinajstić information content (AvgIpc) is 2.94. The van der Waals surface area contributed by atoms with Crippen molar-refractivity contribution in [1.82, 2.24) is 25.2 Å². The minimum absolute atomic E-state index is 0.166. The molecule has 2 heterocycles. The molecule has 0 spiro atoms. The van der Waals surface area contributed by atoms with Crippen LogP contribution in [-0.4, -0.2) is 43.4 Å². The minimum Gasteiger partial charge on any atom is -0.481 e. The van der Waals surface area contributed by atoms with Gasteiger partial charge in [-0.15, -0.1) is 5.10 Å². The fraction of sp³-hybridized carbons (Fsp3) is 0.462. The van der Waals surface area contributed by atoms with Crippen LogP contribution < -0.4 is 4.74 Å². The van der Waals surface area contributed by atoms with Crippen molar-refractivity contribution >= 4 is 5.97 Å². The Morgan fingerprint density at radius 3 is 2.90 bits per heavy atom. The largest absolute Gasteiger partial charge is 0.481 e. The van der Waals surface area contributed by atoms with Crippen LogP contribution in [0.25, 0.3) is 11.4 Å². The first-order valence-corrected chi connectivity index (χ1v) is 6.50. The molecule has 0 aliphatic rings. The Balaban J connectivity index is 2.42. The molecule has 2 rings (SSSR count). The standard InChI is InChI=1S/C13H17N5O3/c1-4-13(2,12(19)20)8-18-10(15-16-17-18)9-6-5-7-14-11(9)21-3/h5-7H,4,8H2,1-3H3,(H,19,20). The molecule has 2 aromatic heterocycles. The zero-order valence-electron chi connectivity index (χ0n) is 12.1. The van der Waals surface area contributed by atoms with Gasteiger partial charge in [-0.1, -0.05) is 6.92 Å². The molecule has 1 N–H and O–H groups in total. The van der Waals surface area contributed by atoms with Crippen molar-refractivity contribution in [3.8, 4) is 17.3 Å². The van der Waals surface area contributed by atoms with Crippen LogP contribution >= 0.6 is 0 Å². The van der Waals surface area contributed by atoms with Crippen LogP contribution in [0.15, 0.2) is 18.3 Å². The number of aromatic nitrogens is 5. The van der Waals surface area contributed by atoms with E-state index in [2.05, 4.69) is 20.5 Å². The molecule has 0 radical (unpaired) electrons. The number of aliphatic carboxylic acids is 1. The predicted octanol–water partition coefficient (Wildman–Crippen LogP) is 1.24. The molecule has 0 fully saturated rings. The molecule has 0 saturated carbocycles. The fourth-order valence-corrected chi connectivity index (χ4v) is 1.89. The maximum Gasteiger partial charge on any atom is 0.311 e. The molecule has 0 aromatic carbocycles. The van der Waals surface area contributed by atoms with Crippen LogP contribution in [0.1, 0.15) is 20.3 Å². The van der Waals surface area contributed by atoms with Gasteiger partial charge in [-0.2, -0.15) is 0 Å². The molecule has 1 atom stereocenters. The first-order valence-electron chi connectivity index (χ1n) is 6.50. The molecule has 0 aliphatic heterocycles. The van der Waals surface area contributed by atoms with Crippen LogP contribution in [0, 0.1) is 5.41 Å². The molecule has 2 aromatic rings. The fourth-order valence-electron chi connectivity index (χ4n) is 1.89. The van der Waals surface area contributed by atoms with Crippen molar-refractivity contribution in [2.45, 2.75) is 26.8 Å². The first kappa shape index (κ1) is 14.9. The van der Waals surface area contributed by atoms with Gasteiger partial charge in [0.1, 0.15) is 0 Å². The number of carboxylic acids is 1. The quantitative estimate of drug-likeness (QED) is 0.854. The normalized spacial score (nSPS) is 13.7. The van der Waals surface area contributed by atoms with Crippen LogP contribution in [0.4, 0.5) is 0 Å². The number of carboxylic acid groups (broad SMARTS) is 1. The Morgan fingerprint density at radius 2 is 2.29 bits per heavy atom. The lowest BCUT2D eigenvalue weighted by atomic mass is 9.88. The van der Waals surface area contributed by atoms with E-state index >= 15 is 0 Å². The zero-order valence-corrected chi connectivity index (χ0v) is 12.1. The van der Waals surface area contributed by atoms with Crippen molar-refractivity contribution in [3.05, 3.63) is 18.3 Å². The van der Waals surface area contributed by atoms with Gasteiger partial charge in [0.25, 0.3) is 0 Å². The Morgan fingerprint density at radius 1 is 1.52 bits per heavy atom. The van der Waals surface area contributed by atoms with E-state index in [9.17, 15) is 9.90 Å². The molecular formula is C13H17N5O3. The summed E-state index contributed by atoms with van der Waals surface area (Å²) in [5.74, 6) is -0.0625. The second-order valence-electron chi connectivity index (χ2n) is 4.94. The van der Waals surface area contributed by atoms with Gasteiger partial charge in [0.2, 0.25) is 5.88 Å². The van der Waals surface area contributed by atoms with Crippen molar-refractivity contribution in [3.63, 3.8) is 0 Å². The topological polar surface area (TPSA) is 103 Å². The number of hydrogen-bond acceptors (Lipinski definition) is 6. The lowest BCUT2D eigenvalue weighted by Gasteiger charge is -2.22. The van der Waals surface area contributed by atoms with E-state index in [0.717, 1.165) is 0 Å². The minimum atomic E-state index is -0.945. The summed E-state index contributed by atoms with van der Waals surface area (Å²) in [6, 6.07) is 3.52. The molecule has 21 heavy (non-hydrogen) atoms. The Kier molecular flexibility index (Phi) is 4.15. The number of methoxy groups -OCH3 is 1. The van der Waals surface area contributed by atoms with E-state index in [-0.39, 0.29) is 6.54 Å². The van der Waals surface area contributed by atoms with Gasteiger partial charge in [-0.25, -0.2) is 9.67 Å². The average molecular weight is 291 g/mol. The summed E-state index contributed by atoms with van der Waals surface area (Å²) in [4.78, 5) is 15.5. The van der Waals surface area contributed by atoms with Crippen molar-refractivity contribution in [2.24, 2.45) is 5.41 Å². The molecule has 0 bridgehead atoms. The third kappa shape index (κ3) is 2.83. The summed E-state index contributed by atoms with van der Waals surface area (Å²) in [6.45, 7) is 3.66. The highest BCUT2D eigenvalue weighted by Gasteiger charge is 2.33. The van der Waals surface area contributed by atoms with E-state index in [1.54, 1.807) is 25.3 Å². The van der Waals surface area contributed by atoms with E-state index in [1.807, 2.05) is 6.92 Å².